The van der Waals surface area contributed by atoms with Crippen LogP contribution in [-0.4, -0.2) is 27.7 Å². The molecule has 0 spiro atoms. The number of aromatic hydroxyl groups is 1. The van der Waals surface area contributed by atoms with E-state index in [4.69, 9.17) is 9.47 Å². The van der Waals surface area contributed by atoms with Crippen LogP contribution in [0, 0.1) is 6.92 Å². The molecule has 2 aromatic carbocycles. The molecule has 118 valence electrons. The van der Waals surface area contributed by atoms with Gasteiger partial charge in [-0.25, -0.2) is 8.42 Å². The van der Waals surface area contributed by atoms with Gasteiger partial charge in [0.05, 0.1) is 19.9 Å². The molecule has 2 rings (SSSR count). The highest BCUT2D eigenvalue weighted by Gasteiger charge is 2.20. The molecule has 0 fully saturated rings. The van der Waals surface area contributed by atoms with E-state index in [9.17, 15) is 13.5 Å². The first kappa shape index (κ1) is 16.0. The van der Waals surface area contributed by atoms with Gasteiger partial charge in [-0.1, -0.05) is 6.07 Å². The number of rotatable bonds is 5. The third-order valence-corrected chi connectivity index (χ3v) is 4.44. The van der Waals surface area contributed by atoms with Crippen molar-refractivity contribution in [3.63, 3.8) is 0 Å². The van der Waals surface area contributed by atoms with E-state index >= 15 is 0 Å². The molecule has 6 nitrogen and oxygen atoms in total. The molecule has 0 amide bonds. The molecule has 0 atom stereocenters. The molecule has 0 aliphatic carbocycles. The Kier molecular flexibility index (Phi) is 4.46. The Morgan fingerprint density at radius 3 is 2.23 bits per heavy atom. The van der Waals surface area contributed by atoms with Gasteiger partial charge in [-0.05, 0) is 36.8 Å². The van der Waals surface area contributed by atoms with Crippen LogP contribution in [0.2, 0.25) is 0 Å². The van der Waals surface area contributed by atoms with Crippen LogP contribution in [0.15, 0.2) is 41.3 Å². The fraction of sp³-hybridized carbons (Fsp3) is 0.200. The minimum Gasteiger partial charge on any atom is -0.504 e. The largest absolute Gasteiger partial charge is 0.504 e. The predicted molar refractivity (Wildman–Crippen MR) is 83.2 cm³/mol. The number of nitrogens with one attached hydrogen (secondary N) is 1. The van der Waals surface area contributed by atoms with Crippen molar-refractivity contribution in [3.05, 3.63) is 42.0 Å². The topological polar surface area (TPSA) is 84.9 Å². The van der Waals surface area contributed by atoms with E-state index in [-0.39, 0.29) is 27.8 Å². The van der Waals surface area contributed by atoms with Crippen LogP contribution < -0.4 is 14.2 Å². The molecule has 2 aromatic rings. The number of ether oxygens (including phenoxy) is 2. The van der Waals surface area contributed by atoms with Gasteiger partial charge < -0.3 is 14.6 Å². The minimum absolute atomic E-state index is 0.0327. The number of hydrogen-bond acceptors (Lipinski definition) is 5. The van der Waals surface area contributed by atoms with Crippen molar-refractivity contribution in [3.8, 4) is 17.2 Å². The van der Waals surface area contributed by atoms with E-state index in [0.29, 0.717) is 0 Å². The highest BCUT2D eigenvalue weighted by Crippen LogP contribution is 2.31. The molecular formula is C15H17NO5S. The van der Waals surface area contributed by atoms with Crippen LogP contribution in [0.1, 0.15) is 5.56 Å². The molecule has 0 unspecified atom stereocenters. The lowest BCUT2D eigenvalue weighted by Gasteiger charge is -2.13. The minimum atomic E-state index is -3.84. The van der Waals surface area contributed by atoms with Gasteiger partial charge >= 0.3 is 0 Å². The zero-order chi connectivity index (χ0) is 16.3. The molecule has 0 aliphatic rings. The van der Waals surface area contributed by atoms with E-state index in [1.165, 1.54) is 38.5 Å². The third kappa shape index (κ3) is 3.25. The van der Waals surface area contributed by atoms with Crippen LogP contribution in [0.4, 0.5) is 5.69 Å². The maximum absolute atomic E-state index is 12.5. The predicted octanol–water partition coefficient (Wildman–Crippen LogP) is 2.52. The Labute approximate surface area is 129 Å². The molecule has 0 saturated carbocycles. The van der Waals surface area contributed by atoms with Crippen LogP contribution in [0.5, 0.6) is 17.2 Å². The van der Waals surface area contributed by atoms with Crippen molar-refractivity contribution in [1.82, 2.24) is 0 Å². The fourth-order valence-corrected chi connectivity index (χ4v) is 3.26. The number of aryl methyl sites for hydroxylation is 1. The summed E-state index contributed by atoms with van der Waals surface area (Å²) in [6.45, 7) is 1.79. The van der Waals surface area contributed by atoms with E-state index in [2.05, 4.69) is 4.72 Å². The second-order valence-corrected chi connectivity index (χ2v) is 6.30. The van der Waals surface area contributed by atoms with Crippen molar-refractivity contribution >= 4 is 15.7 Å². The van der Waals surface area contributed by atoms with Crippen LogP contribution in [0.25, 0.3) is 0 Å². The molecule has 2 N–H and O–H groups in total. The van der Waals surface area contributed by atoms with Crippen LogP contribution in [-0.2, 0) is 10.0 Å². The first-order chi connectivity index (χ1) is 10.4. The number of anilines is 1. The average Bonchev–Trinajstić information content (AvgIpc) is 2.47. The Balaban J connectivity index is 2.40. The molecule has 0 radical (unpaired) electrons. The number of hydrogen-bond donors (Lipinski definition) is 2. The van der Waals surface area contributed by atoms with Crippen LogP contribution >= 0.6 is 0 Å². The Morgan fingerprint density at radius 2 is 1.64 bits per heavy atom. The van der Waals surface area contributed by atoms with Crippen LogP contribution in [0.3, 0.4) is 0 Å². The summed E-state index contributed by atoms with van der Waals surface area (Å²) in [6, 6.07) is 9.12. The normalized spacial score (nSPS) is 11.0. The molecule has 0 bridgehead atoms. The molecular weight excluding hydrogens is 306 g/mol. The van der Waals surface area contributed by atoms with Crippen molar-refractivity contribution in [2.24, 2.45) is 0 Å². The van der Waals surface area contributed by atoms with Gasteiger partial charge in [0.1, 0.15) is 10.6 Å². The molecule has 0 heterocycles. The quantitative estimate of drug-likeness (QED) is 0.883. The van der Waals surface area contributed by atoms with Gasteiger partial charge in [0, 0.05) is 6.07 Å². The van der Waals surface area contributed by atoms with E-state index in [1.807, 2.05) is 0 Å². The van der Waals surface area contributed by atoms with Crippen molar-refractivity contribution in [2.75, 3.05) is 18.9 Å². The van der Waals surface area contributed by atoms with Crippen molar-refractivity contribution < 1.29 is 23.0 Å². The zero-order valence-corrected chi connectivity index (χ0v) is 13.3. The SMILES string of the molecule is COc1ccc(NS(=O)(=O)c2cc(C)ccc2OC)cc1O. The third-order valence-electron chi connectivity index (χ3n) is 3.04. The van der Waals surface area contributed by atoms with Crippen molar-refractivity contribution in [2.45, 2.75) is 11.8 Å². The van der Waals surface area contributed by atoms with Gasteiger partial charge in [-0.3, -0.25) is 4.72 Å². The second-order valence-electron chi connectivity index (χ2n) is 4.65. The van der Waals surface area contributed by atoms with Gasteiger partial charge in [0.2, 0.25) is 0 Å². The maximum Gasteiger partial charge on any atom is 0.265 e. The summed E-state index contributed by atoms with van der Waals surface area (Å²) in [4.78, 5) is 0.0327. The summed E-state index contributed by atoms with van der Waals surface area (Å²) in [5, 5.41) is 9.72. The second kappa shape index (κ2) is 6.15. The summed E-state index contributed by atoms with van der Waals surface area (Å²) in [6.07, 6.45) is 0. The number of sulfonamides is 1. The lowest BCUT2D eigenvalue weighted by molar-refractivity contribution is 0.373. The van der Waals surface area contributed by atoms with Gasteiger partial charge in [-0.15, -0.1) is 0 Å². The molecule has 0 aliphatic heterocycles. The number of benzene rings is 2. The summed E-state index contributed by atoms with van der Waals surface area (Å²) in [5.41, 5.74) is 1.01. The molecule has 0 aromatic heterocycles. The summed E-state index contributed by atoms with van der Waals surface area (Å²) < 4.78 is 37.4. The number of phenolic OH excluding ortho intramolecular Hbond substituents is 1. The molecule has 22 heavy (non-hydrogen) atoms. The van der Waals surface area contributed by atoms with Crippen molar-refractivity contribution in [1.29, 1.82) is 0 Å². The Bertz CT molecular complexity index is 787. The van der Waals surface area contributed by atoms with E-state index in [0.717, 1.165) is 5.56 Å². The fourth-order valence-electron chi connectivity index (χ4n) is 1.96. The smallest absolute Gasteiger partial charge is 0.265 e. The first-order valence-electron chi connectivity index (χ1n) is 6.42. The molecule has 7 heteroatoms. The monoisotopic (exact) mass is 323 g/mol. The summed E-state index contributed by atoms with van der Waals surface area (Å²) >= 11 is 0. The molecule has 0 saturated heterocycles. The highest BCUT2D eigenvalue weighted by atomic mass is 32.2. The Hall–Kier alpha value is -2.41. The Morgan fingerprint density at radius 1 is 1.00 bits per heavy atom. The highest BCUT2D eigenvalue weighted by molar-refractivity contribution is 7.92. The zero-order valence-electron chi connectivity index (χ0n) is 12.5. The summed E-state index contributed by atoms with van der Waals surface area (Å²) in [5.74, 6) is 0.353. The average molecular weight is 323 g/mol. The van der Waals surface area contributed by atoms with Gasteiger partial charge in [0.25, 0.3) is 10.0 Å². The lowest BCUT2D eigenvalue weighted by atomic mass is 10.2. The summed E-state index contributed by atoms with van der Waals surface area (Å²) in [7, 11) is -1.02. The lowest BCUT2D eigenvalue weighted by Crippen LogP contribution is -2.14. The van der Waals surface area contributed by atoms with Gasteiger partial charge in [0.15, 0.2) is 11.5 Å². The van der Waals surface area contributed by atoms with E-state index < -0.39 is 10.0 Å². The first-order valence-corrected chi connectivity index (χ1v) is 7.90. The number of phenols is 1. The standard InChI is InChI=1S/C15H17NO5S/c1-10-4-6-14(21-3)15(8-10)22(18,19)16-11-5-7-13(20-2)12(17)9-11/h4-9,16-17H,1-3H3. The van der Waals surface area contributed by atoms with Gasteiger partial charge in [-0.2, -0.15) is 0 Å². The van der Waals surface area contributed by atoms with E-state index in [1.54, 1.807) is 19.1 Å². The number of methoxy groups -OCH3 is 2. The maximum atomic E-state index is 12.5.